The summed E-state index contributed by atoms with van der Waals surface area (Å²) in [5, 5.41) is 0. The Labute approximate surface area is 98.8 Å². The normalized spacial score (nSPS) is 12.6. The third-order valence-corrected chi connectivity index (χ3v) is 2.32. The largest absolute Gasteiger partial charge is 0.432 e. The number of carbonyl (C=O) groups is 1. The molecule has 0 N–H and O–H groups in total. The van der Waals surface area contributed by atoms with E-state index in [2.05, 4.69) is 20.4 Å². The van der Waals surface area contributed by atoms with Gasteiger partial charge in [0.25, 0.3) is 0 Å². The van der Waals surface area contributed by atoms with Gasteiger partial charge in [-0.1, -0.05) is 33.3 Å². The van der Waals surface area contributed by atoms with Crippen molar-refractivity contribution in [2.45, 2.75) is 52.7 Å². The van der Waals surface area contributed by atoms with Crippen molar-refractivity contribution >= 4 is 5.97 Å². The van der Waals surface area contributed by atoms with Crippen molar-refractivity contribution in [2.24, 2.45) is 5.92 Å². The zero-order valence-electron chi connectivity index (χ0n) is 10.9. The summed E-state index contributed by atoms with van der Waals surface area (Å²) in [5.74, 6) is 0.342. The van der Waals surface area contributed by atoms with Crippen LogP contribution in [-0.2, 0) is 14.3 Å². The first-order valence-electron chi connectivity index (χ1n) is 5.86. The van der Waals surface area contributed by atoms with E-state index < -0.39 is 6.29 Å². The molecule has 0 rings (SSSR count). The lowest BCUT2D eigenvalue weighted by molar-refractivity contribution is -0.169. The number of carbonyl (C=O) groups excluding carboxylic acids is 1. The van der Waals surface area contributed by atoms with Gasteiger partial charge < -0.3 is 9.47 Å². The maximum absolute atomic E-state index is 11.3. The molecule has 0 amide bonds. The van der Waals surface area contributed by atoms with E-state index in [-0.39, 0.29) is 5.97 Å². The Hall–Kier alpha value is -0.830. The van der Waals surface area contributed by atoms with Crippen molar-refractivity contribution in [1.29, 1.82) is 0 Å². The van der Waals surface area contributed by atoms with E-state index >= 15 is 0 Å². The van der Waals surface area contributed by atoms with Crippen LogP contribution in [0, 0.1) is 5.92 Å². The van der Waals surface area contributed by atoms with Crippen LogP contribution in [0.25, 0.3) is 0 Å². The molecule has 0 fully saturated rings. The smallest absolute Gasteiger partial charge is 0.335 e. The highest BCUT2D eigenvalue weighted by atomic mass is 16.7. The minimum atomic E-state index is -0.434. The van der Waals surface area contributed by atoms with E-state index in [9.17, 15) is 4.79 Å². The molecule has 3 heteroatoms. The molecule has 0 heterocycles. The average molecular weight is 228 g/mol. The number of ether oxygens (including phenoxy) is 2. The highest BCUT2D eigenvalue weighted by Gasteiger charge is 2.13. The van der Waals surface area contributed by atoms with Gasteiger partial charge in [0.05, 0.1) is 0 Å². The summed E-state index contributed by atoms with van der Waals surface area (Å²) >= 11 is 0. The van der Waals surface area contributed by atoms with Crippen molar-refractivity contribution in [2.75, 3.05) is 7.11 Å². The molecular formula is C13H24O3. The fourth-order valence-electron chi connectivity index (χ4n) is 1.31. The standard InChI is InChI=1S/C13H24O3/c1-10(2)8-6-7-9-12(15-5)16-13(14)11(3)4/h10,12H,3,6-9H2,1-2,4-5H3. The van der Waals surface area contributed by atoms with E-state index in [0.717, 1.165) is 25.2 Å². The van der Waals surface area contributed by atoms with Crippen LogP contribution in [0.15, 0.2) is 12.2 Å². The van der Waals surface area contributed by atoms with Gasteiger partial charge in [0, 0.05) is 19.1 Å². The van der Waals surface area contributed by atoms with Gasteiger partial charge in [-0.05, 0) is 19.3 Å². The van der Waals surface area contributed by atoms with Gasteiger partial charge in [0.1, 0.15) is 0 Å². The minimum absolute atomic E-state index is 0.379. The Bertz CT molecular complexity index is 221. The third kappa shape index (κ3) is 7.46. The fraction of sp³-hybridized carbons (Fsp3) is 0.769. The number of methoxy groups -OCH3 is 1. The van der Waals surface area contributed by atoms with E-state index in [0.29, 0.717) is 5.57 Å². The van der Waals surface area contributed by atoms with Gasteiger partial charge in [-0.3, -0.25) is 0 Å². The molecule has 94 valence electrons. The van der Waals surface area contributed by atoms with Gasteiger partial charge in [0.15, 0.2) is 0 Å². The van der Waals surface area contributed by atoms with Crippen LogP contribution in [0.3, 0.4) is 0 Å². The number of hydrogen-bond acceptors (Lipinski definition) is 3. The zero-order valence-corrected chi connectivity index (χ0v) is 10.9. The second kappa shape index (κ2) is 8.34. The molecule has 16 heavy (non-hydrogen) atoms. The van der Waals surface area contributed by atoms with Crippen LogP contribution in [0.4, 0.5) is 0 Å². The van der Waals surface area contributed by atoms with E-state index in [1.807, 2.05) is 0 Å². The van der Waals surface area contributed by atoms with Crippen molar-refractivity contribution in [1.82, 2.24) is 0 Å². The average Bonchev–Trinajstić information content (AvgIpc) is 2.21. The molecule has 0 aromatic rings. The summed E-state index contributed by atoms with van der Waals surface area (Å²) in [4.78, 5) is 11.3. The highest BCUT2D eigenvalue weighted by Crippen LogP contribution is 2.12. The topological polar surface area (TPSA) is 35.5 Å². The summed E-state index contributed by atoms with van der Waals surface area (Å²) in [6.45, 7) is 9.57. The van der Waals surface area contributed by atoms with Crippen LogP contribution in [0.5, 0.6) is 0 Å². The van der Waals surface area contributed by atoms with Gasteiger partial charge in [-0.25, -0.2) is 4.79 Å². The summed E-state index contributed by atoms with van der Waals surface area (Å²) in [6.07, 6.45) is 3.67. The van der Waals surface area contributed by atoms with Crippen molar-refractivity contribution in [3.63, 3.8) is 0 Å². The Kier molecular flexibility index (Phi) is 7.90. The maximum atomic E-state index is 11.3. The predicted octanol–water partition coefficient (Wildman–Crippen LogP) is 3.29. The first-order valence-corrected chi connectivity index (χ1v) is 5.86. The summed E-state index contributed by atoms with van der Waals surface area (Å²) in [6, 6.07) is 0. The lowest BCUT2D eigenvalue weighted by atomic mass is 10.1. The fourth-order valence-corrected chi connectivity index (χ4v) is 1.31. The number of hydrogen-bond donors (Lipinski definition) is 0. The van der Waals surface area contributed by atoms with Gasteiger partial charge >= 0.3 is 5.97 Å². The molecule has 0 radical (unpaired) electrons. The lowest BCUT2D eigenvalue weighted by Crippen LogP contribution is -2.20. The first-order chi connectivity index (χ1) is 7.47. The van der Waals surface area contributed by atoms with E-state index in [1.54, 1.807) is 14.0 Å². The van der Waals surface area contributed by atoms with Crippen LogP contribution >= 0.6 is 0 Å². The lowest BCUT2D eigenvalue weighted by Gasteiger charge is -2.16. The van der Waals surface area contributed by atoms with Crippen molar-refractivity contribution in [3.05, 3.63) is 12.2 Å². The quantitative estimate of drug-likeness (QED) is 0.277. The molecule has 0 aliphatic heterocycles. The molecule has 1 unspecified atom stereocenters. The third-order valence-electron chi connectivity index (χ3n) is 2.32. The van der Waals surface area contributed by atoms with E-state index in [1.165, 1.54) is 6.42 Å². The van der Waals surface area contributed by atoms with Crippen molar-refractivity contribution < 1.29 is 14.3 Å². The van der Waals surface area contributed by atoms with E-state index in [4.69, 9.17) is 9.47 Å². The summed E-state index contributed by atoms with van der Waals surface area (Å²) in [5.41, 5.74) is 0.407. The maximum Gasteiger partial charge on any atom is 0.335 e. The first kappa shape index (κ1) is 15.2. The monoisotopic (exact) mass is 228 g/mol. The summed E-state index contributed by atoms with van der Waals surface area (Å²) < 4.78 is 10.2. The van der Waals surface area contributed by atoms with Gasteiger partial charge in [-0.2, -0.15) is 0 Å². The SMILES string of the molecule is C=C(C)C(=O)OC(CCCCC(C)C)OC. The zero-order chi connectivity index (χ0) is 12.6. The Morgan fingerprint density at radius 3 is 2.25 bits per heavy atom. The predicted molar refractivity (Wildman–Crippen MR) is 65.0 cm³/mol. The molecule has 1 atom stereocenters. The molecule has 3 nitrogen and oxygen atoms in total. The molecule has 0 saturated heterocycles. The number of rotatable bonds is 8. The van der Waals surface area contributed by atoms with Gasteiger partial charge in [0.2, 0.25) is 6.29 Å². The molecule has 0 aromatic carbocycles. The van der Waals surface area contributed by atoms with Gasteiger partial charge in [-0.15, -0.1) is 0 Å². The van der Waals surface area contributed by atoms with Crippen molar-refractivity contribution in [3.8, 4) is 0 Å². The molecule has 0 bridgehead atoms. The molecule has 0 aromatic heterocycles. The molecular weight excluding hydrogens is 204 g/mol. The summed E-state index contributed by atoms with van der Waals surface area (Å²) in [7, 11) is 1.55. The Balaban J connectivity index is 3.75. The Morgan fingerprint density at radius 2 is 1.81 bits per heavy atom. The van der Waals surface area contributed by atoms with Crippen LogP contribution in [0.1, 0.15) is 46.5 Å². The van der Waals surface area contributed by atoms with Crippen LogP contribution in [-0.4, -0.2) is 19.4 Å². The number of unbranched alkanes of at least 4 members (excludes halogenated alkanes) is 1. The minimum Gasteiger partial charge on any atom is -0.432 e. The molecule has 0 spiro atoms. The highest BCUT2D eigenvalue weighted by molar-refractivity contribution is 5.86. The molecule has 0 aliphatic rings. The van der Waals surface area contributed by atoms with Crippen LogP contribution < -0.4 is 0 Å². The molecule has 0 saturated carbocycles. The number of esters is 1. The van der Waals surface area contributed by atoms with Crippen LogP contribution in [0.2, 0.25) is 0 Å². The second-order valence-electron chi connectivity index (χ2n) is 4.53. The second-order valence-corrected chi connectivity index (χ2v) is 4.53. The Morgan fingerprint density at radius 1 is 1.25 bits per heavy atom. The molecule has 0 aliphatic carbocycles.